The molecule has 0 spiro atoms. The molecule has 1 unspecified atom stereocenters. The highest BCUT2D eigenvalue weighted by Crippen LogP contribution is 2.17. The molecule has 1 aliphatic rings. The summed E-state index contributed by atoms with van der Waals surface area (Å²) in [6.45, 7) is 6.14. The topological polar surface area (TPSA) is 59.4 Å². The normalized spacial score (nSPS) is 17.4. The first-order chi connectivity index (χ1) is 12.4. The number of carbonyl (C=O) groups excluding carboxylic acids is 1. The average molecular weight is 354 g/mol. The zero-order valence-electron chi connectivity index (χ0n) is 16.3. The minimum absolute atomic E-state index is 0.140. The van der Waals surface area contributed by atoms with Crippen LogP contribution in [0.25, 0.3) is 0 Å². The van der Waals surface area contributed by atoms with E-state index in [-0.39, 0.29) is 17.5 Å². The van der Waals surface area contributed by atoms with Crippen molar-refractivity contribution < 1.29 is 4.79 Å². The summed E-state index contributed by atoms with van der Waals surface area (Å²) in [5.74, 6) is -0.320. The van der Waals surface area contributed by atoms with Gasteiger partial charge in [-0.3, -0.25) is 4.79 Å². The van der Waals surface area contributed by atoms with Crippen LogP contribution in [0.4, 0.5) is 0 Å². The van der Waals surface area contributed by atoms with Gasteiger partial charge in [0.25, 0.3) is 5.91 Å². The van der Waals surface area contributed by atoms with Crippen molar-refractivity contribution in [3.63, 3.8) is 0 Å². The molecule has 26 heavy (non-hydrogen) atoms. The maximum absolute atomic E-state index is 12.5. The third kappa shape index (κ3) is 5.34. The molecule has 1 aromatic carbocycles. The Labute approximate surface area is 157 Å². The highest BCUT2D eigenvalue weighted by atomic mass is 16.1. The lowest BCUT2D eigenvalue weighted by molar-refractivity contribution is -0.117. The maximum atomic E-state index is 12.5. The Bertz CT molecular complexity index is 666. The lowest BCUT2D eigenvalue weighted by Crippen LogP contribution is -2.40. The molecule has 1 amide bonds. The summed E-state index contributed by atoms with van der Waals surface area (Å²) < 4.78 is 0. The Morgan fingerprint density at radius 3 is 2.54 bits per heavy atom. The fourth-order valence-electron chi connectivity index (χ4n) is 3.25. The van der Waals surface area contributed by atoms with Gasteiger partial charge in [0.1, 0.15) is 11.6 Å². The molecule has 1 atom stereocenters. The van der Waals surface area contributed by atoms with Crippen LogP contribution in [-0.4, -0.2) is 48.9 Å². The van der Waals surface area contributed by atoms with Gasteiger partial charge in [0.2, 0.25) is 0 Å². The zero-order chi connectivity index (χ0) is 19.1. The van der Waals surface area contributed by atoms with Gasteiger partial charge < -0.3 is 15.1 Å². The quantitative estimate of drug-likeness (QED) is 0.630. The zero-order valence-corrected chi connectivity index (χ0v) is 16.3. The van der Waals surface area contributed by atoms with Crippen molar-refractivity contribution in [2.45, 2.75) is 45.2 Å². The van der Waals surface area contributed by atoms with Crippen LogP contribution in [0, 0.1) is 11.3 Å². The Balaban J connectivity index is 1.99. The number of hydrogen-bond donors (Lipinski definition) is 1. The van der Waals surface area contributed by atoms with Crippen molar-refractivity contribution in [3.05, 3.63) is 47.2 Å². The molecule has 2 rings (SSSR count). The number of rotatable bonds is 6. The number of likely N-dealkylation sites (tertiary alicyclic amines) is 1. The lowest BCUT2D eigenvalue weighted by atomic mass is 10.0. The number of benzene rings is 1. The number of nitriles is 1. The van der Waals surface area contributed by atoms with E-state index in [4.69, 9.17) is 0 Å². The number of piperidine rings is 1. The number of amides is 1. The largest absolute Gasteiger partial charge is 0.376 e. The number of carbonyl (C=O) groups is 1. The molecule has 1 heterocycles. The minimum Gasteiger partial charge on any atom is -0.376 e. The Kier molecular flexibility index (Phi) is 7.23. The van der Waals surface area contributed by atoms with Crippen LogP contribution in [0.1, 0.15) is 43.9 Å². The van der Waals surface area contributed by atoms with Gasteiger partial charge in [-0.2, -0.15) is 5.26 Å². The number of hydrogen-bond acceptors (Lipinski definition) is 4. The molecular formula is C21H30N4O. The molecule has 0 bridgehead atoms. The molecule has 1 fully saturated rings. The van der Waals surface area contributed by atoms with E-state index in [2.05, 4.69) is 42.4 Å². The van der Waals surface area contributed by atoms with E-state index in [1.165, 1.54) is 5.56 Å². The van der Waals surface area contributed by atoms with Crippen LogP contribution in [0.2, 0.25) is 0 Å². The SMILES string of the molecule is CCc1ccc(C(C)NC(=O)/C(C#N)=C\N(C)C2CCN(C)CC2)cc1. The standard InChI is InChI=1S/C21H30N4O/c1-5-17-6-8-18(9-7-17)16(2)23-21(26)19(14-22)15-25(4)20-10-12-24(3)13-11-20/h6-9,15-16,20H,5,10-13H2,1-4H3,(H,23,26)/b19-15-. The molecule has 140 valence electrons. The van der Waals surface area contributed by atoms with Gasteiger partial charge in [-0.25, -0.2) is 0 Å². The Hall–Kier alpha value is -2.32. The third-order valence-electron chi connectivity index (χ3n) is 5.20. The molecule has 1 N–H and O–H groups in total. The molecule has 1 aromatic rings. The van der Waals surface area contributed by atoms with E-state index in [9.17, 15) is 10.1 Å². The molecular weight excluding hydrogens is 324 g/mol. The monoisotopic (exact) mass is 354 g/mol. The van der Waals surface area contributed by atoms with Crippen molar-refractivity contribution >= 4 is 5.91 Å². The molecule has 0 aromatic heterocycles. The average Bonchev–Trinajstić information content (AvgIpc) is 2.66. The number of aryl methyl sites for hydroxylation is 1. The van der Waals surface area contributed by atoms with Gasteiger partial charge in [-0.15, -0.1) is 0 Å². The first-order valence-corrected chi connectivity index (χ1v) is 9.36. The second-order valence-electron chi connectivity index (χ2n) is 7.14. The van der Waals surface area contributed by atoms with Crippen molar-refractivity contribution in [1.82, 2.24) is 15.1 Å². The van der Waals surface area contributed by atoms with Gasteiger partial charge in [-0.05, 0) is 57.5 Å². The van der Waals surface area contributed by atoms with Crippen molar-refractivity contribution in [2.75, 3.05) is 27.2 Å². The molecule has 5 heteroatoms. The first-order valence-electron chi connectivity index (χ1n) is 9.36. The first kappa shape index (κ1) is 20.0. The molecule has 0 saturated carbocycles. The van der Waals surface area contributed by atoms with E-state index in [0.717, 1.165) is 37.9 Å². The summed E-state index contributed by atoms with van der Waals surface area (Å²) in [6, 6.07) is 10.5. The molecule has 1 aliphatic heterocycles. The molecule has 5 nitrogen and oxygen atoms in total. The Morgan fingerprint density at radius 1 is 1.38 bits per heavy atom. The Morgan fingerprint density at radius 2 is 2.00 bits per heavy atom. The van der Waals surface area contributed by atoms with Gasteiger partial charge in [0, 0.05) is 19.3 Å². The molecule has 0 aliphatic carbocycles. The van der Waals surface area contributed by atoms with Crippen LogP contribution in [0.3, 0.4) is 0 Å². The van der Waals surface area contributed by atoms with E-state index >= 15 is 0 Å². The van der Waals surface area contributed by atoms with Crippen molar-refractivity contribution in [3.8, 4) is 6.07 Å². The van der Waals surface area contributed by atoms with Crippen molar-refractivity contribution in [2.24, 2.45) is 0 Å². The predicted octanol–water partition coefficient (Wildman–Crippen LogP) is 2.86. The molecule has 1 saturated heterocycles. The van der Waals surface area contributed by atoms with Crippen LogP contribution < -0.4 is 5.32 Å². The molecule has 0 radical (unpaired) electrons. The summed E-state index contributed by atoms with van der Waals surface area (Å²) in [6.07, 6.45) is 4.78. The van der Waals surface area contributed by atoms with Crippen LogP contribution >= 0.6 is 0 Å². The van der Waals surface area contributed by atoms with Gasteiger partial charge >= 0.3 is 0 Å². The second-order valence-corrected chi connectivity index (χ2v) is 7.14. The van der Waals surface area contributed by atoms with E-state index in [1.54, 1.807) is 6.20 Å². The van der Waals surface area contributed by atoms with Crippen molar-refractivity contribution in [1.29, 1.82) is 5.26 Å². The third-order valence-corrected chi connectivity index (χ3v) is 5.20. The predicted molar refractivity (Wildman–Crippen MR) is 104 cm³/mol. The van der Waals surface area contributed by atoms with Crippen LogP contribution in [0.5, 0.6) is 0 Å². The summed E-state index contributed by atoms with van der Waals surface area (Å²) in [4.78, 5) is 16.8. The van der Waals surface area contributed by atoms with Crippen LogP contribution in [-0.2, 0) is 11.2 Å². The maximum Gasteiger partial charge on any atom is 0.263 e. The fourth-order valence-corrected chi connectivity index (χ4v) is 3.25. The van der Waals surface area contributed by atoms with E-state index < -0.39 is 0 Å². The highest BCUT2D eigenvalue weighted by molar-refractivity contribution is 5.97. The summed E-state index contributed by atoms with van der Waals surface area (Å²) >= 11 is 0. The van der Waals surface area contributed by atoms with E-state index in [0.29, 0.717) is 6.04 Å². The minimum atomic E-state index is -0.320. The van der Waals surface area contributed by atoms with E-state index in [1.807, 2.05) is 31.0 Å². The van der Waals surface area contributed by atoms with Gasteiger partial charge in [0.15, 0.2) is 0 Å². The smallest absolute Gasteiger partial charge is 0.263 e. The van der Waals surface area contributed by atoms with Crippen LogP contribution in [0.15, 0.2) is 36.0 Å². The fraction of sp³-hybridized carbons (Fsp3) is 0.524. The van der Waals surface area contributed by atoms with Gasteiger partial charge in [-0.1, -0.05) is 31.2 Å². The summed E-state index contributed by atoms with van der Waals surface area (Å²) in [5.41, 5.74) is 2.46. The lowest BCUT2D eigenvalue weighted by Gasteiger charge is -2.34. The highest BCUT2D eigenvalue weighted by Gasteiger charge is 2.21. The van der Waals surface area contributed by atoms with Gasteiger partial charge in [0.05, 0.1) is 6.04 Å². The number of nitrogens with zero attached hydrogens (tertiary/aromatic N) is 3. The summed E-state index contributed by atoms with van der Waals surface area (Å²) in [7, 11) is 4.07. The summed E-state index contributed by atoms with van der Waals surface area (Å²) in [5, 5.41) is 12.4. The number of nitrogens with one attached hydrogen (secondary N) is 1. The second kappa shape index (κ2) is 9.40.